The molecule has 1 amide bonds. The summed E-state index contributed by atoms with van der Waals surface area (Å²) in [6.45, 7) is 6.08. The second-order valence-corrected chi connectivity index (χ2v) is 7.14. The number of carbonyl (C=O) groups is 2. The third-order valence-electron chi connectivity index (χ3n) is 4.21. The number of ether oxygens (including phenoxy) is 1. The van der Waals surface area contributed by atoms with E-state index >= 15 is 0 Å². The molecule has 0 fully saturated rings. The highest BCUT2D eigenvalue weighted by molar-refractivity contribution is 6.39. The first-order valence-electron chi connectivity index (χ1n) is 8.55. The van der Waals surface area contributed by atoms with Crippen molar-refractivity contribution in [2.75, 3.05) is 25.6 Å². The molecule has 0 aliphatic heterocycles. The first-order valence-corrected chi connectivity index (χ1v) is 9.30. The molecule has 0 aliphatic rings. The summed E-state index contributed by atoms with van der Waals surface area (Å²) in [4.78, 5) is 26.8. The lowest BCUT2D eigenvalue weighted by atomic mass is 10.1. The van der Waals surface area contributed by atoms with Crippen LogP contribution in [0.25, 0.3) is 5.57 Å². The molecule has 0 saturated heterocycles. The molecule has 0 bridgehead atoms. The molecule has 1 atom stereocenters. The predicted octanol–water partition coefficient (Wildman–Crippen LogP) is 4.43. The topological polar surface area (TPSA) is 58.6 Å². The minimum atomic E-state index is -0.923. The second kappa shape index (κ2) is 9.62. The van der Waals surface area contributed by atoms with Gasteiger partial charge in [-0.25, -0.2) is 4.79 Å². The van der Waals surface area contributed by atoms with Gasteiger partial charge in [0.1, 0.15) is 6.04 Å². The van der Waals surface area contributed by atoms with E-state index < -0.39 is 17.9 Å². The Hall–Kier alpha value is -2.50. The molecule has 28 heavy (non-hydrogen) atoms. The Kier molecular flexibility index (Phi) is 7.49. The molecule has 148 valence electrons. The number of hydrogen-bond donors (Lipinski definition) is 1. The molecule has 1 N–H and O–H groups in total. The molecule has 0 heterocycles. The first kappa shape index (κ1) is 21.8. The molecule has 5 nitrogen and oxygen atoms in total. The van der Waals surface area contributed by atoms with Gasteiger partial charge in [0.2, 0.25) is 0 Å². The normalized spacial score (nSPS) is 11.5. The van der Waals surface area contributed by atoms with Crippen LogP contribution in [0, 0.1) is 0 Å². The third-order valence-corrected chi connectivity index (χ3v) is 4.84. The van der Waals surface area contributed by atoms with E-state index in [0.717, 1.165) is 16.8 Å². The van der Waals surface area contributed by atoms with Crippen molar-refractivity contribution in [1.29, 1.82) is 0 Å². The summed E-state index contributed by atoms with van der Waals surface area (Å²) in [6.07, 6.45) is 0. The average molecular weight is 421 g/mol. The number of methoxy groups -OCH3 is 1. The van der Waals surface area contributed by atoms with Gasteiger partial charge in [-0.3, -0.25) is 4.79 Å². The predicted molar refractivity (Wildman–Crippen MR) is 114 cm³/mol. The van der Waals surface area contributed by atoms with E-state index in [2.05, 4.69) is 11.9 Å². The summed E-state index contributed by atoms with van der Waals surface area (Å²) in [6, 6.07) is 11.5. The monoisotopic (exact) mass is 420 g/mol. The molecule has 0 aliphatic carbocycles. The molecule has 0 saturated carbocycles. The van der Waals surface area contributed by atoms with Crippen LogP contribution < -0.4 is 10.2 Å². The minimum Gasteiger partial charge on any atom is -0.467 e. The summed E-state index contributed by atoms with van der Waals surface area (Å²) in [7, 11) is 3.10. The van der Waals surface area contributed by atoms with Crippen LogP contribution in [0.3, 0.4) is 0 Å². The highest BCUT2D eigenvalue weighted by Gasteiger charge is 2.26. The maximum absolute atomic E-state index is 12.7. The van der Waals surface area contributed by atoms with E-state index in [9.17, 15) is 9.59 Å². The molecule has 7 heteroatoms. The van der Waals surface area contributed by atoms with Gasteiger partial charge in [-0.15, -0.1) is 0 Å². The van der Waals surface area contributed by atoms with Gasteiger partial charge in [0.05, 0.1) is 22.7 Å². The number of allylic oxidation sites excluding steroid dienone is 1. The second-order valence-electron chi connectivity index (χ2n) is 6.32. The Bertz CT molecular complexity index is 879. The lowest BCUT2D eigenvalue weighted by Gasteiger charge is -2.27. The molecule has 0 radical (unpaired) electrons. The number of nitrogens with zero attached hydrogens (tertiary/aromatic N) is 1. The number of hydrogen-bond acceptors (Lipinski definition) is 4. The largest absolute Gasteiger partial charge is 0.467 e. The average Bonchev–Trinajstić information content (AvgIpc) is 2.66. The van der Waals surface area contributed by atoms with Crippen molar-refractivity contribution in [3.8, 4) is 0 Å². The Morgan fingerprint density at radius 1 is 1.14 bits per heavy atom. The minimum absolute atomic E-state index is 0.115. The van der Waals surface area contributed by atoms with Crippen molar-refractivity contribution in [2.45, 2.75) is 13.0 Å². The fourth-order valence-corrected chi connectivity index (χ4v) is 3.38. The summed E-state index contributed by atoms with van der Waals surface area (Å²) in [5.41, 5.74) is 2.84. The number of likely N-dealkylation sites (N-methyl/N-ethyl adjacent to an activating group) is 1. The zero-order chi connectivity index (χ0) is 20.8. The fraction of sp³-hybridized carbons (Fsp3) is 0.238. The molecular formula is C21H22Cl2N2O3. The van der Waals surface area contributed by atoms with Crippen molar-refractivity contribution in [1.82, 2.24) is 5.32 Å². The van der Waals surface area contributed by atoms with Gasteiger partial charge in [0, 0.05) is 24.8 Å². The standard InChI is InChI=1S/C21H22Cl2N2O3/c1-13(2)14-8-5-6-11-18(14)25(3)12-17(21(27)28-4)24-20(26)19-15(22)9-7-10-16(19)23/h5-11,17H,1,12H2,2-4H3,(H,24,26)/t17-/m0/s1. The van der Waals surface area contributed by atoms with Crippen LogP contribution in [0.15, 0.2) is 49.0 Å². The summed E-state index contributed by atoms with van der Waals surface area (Å²) in [5.74, 6) is -1.12. The smallest absolute Gasteiger partial charge is 0.330 e. The zero-order valence-electron chi connectivity index (χ0n) is 16.0. The lowest BCUT2D eigenvalue weighted by Crippen LogP contribution is -2.48. The number of carbonyl (C=O) groups excluding carboxylic acids is 2. The number of amides is 1. The van der Waals surface area contributed by atoms with Crippen LogP contribution in [0.2, 0.25) is 10.0 Å². The quantitative estimate of drug-likeness (QED) is 0.672. The number of rotatable bonds is 7. The Morgan fingerprint density at radius 3 is 2.32 bits per heavy atom. The number of benzene rings is 2. The summed E-state index contributed by atoms with van der Waals surface area (Å²) < 4.78 is 4.86. The summed E-state index contributed by atoms with van der Waals surface area (Å²) >= 11 is 12.2. The maximum atomic E-state index is 12.7. The van der Waals surface area contributed by atoms with Crippen LogP contribution >= 0.6 is 23.2 Å². The van der Waals surface area contributed by atoms with Crippen LogP contribution in [0.1, 0.15) is 22.8 Å². The Balaban J connectivity index is 2.27. The van der Waals surface area contributed by atoms with E-state index in [-0.39, 0.29) is 22.2 Å². The Morgan fingerprint density at radius 2 is 1.75 bits per heavy atom. The van der Waals surface area contributed by atoms with Crippen LogP contribution in [-0.4, -0.2) is 38.6 Å². The highest BCUT2D eigenvalue weighted by atomic mass is 35.5. The number of anilines is 1. The van der Waals surface area contributed by atoms with E-state index in [4.69, 9.17) is 27.9 Å². The van der Waals surface area contributed by atoms with Gasteiger partial charge in [0.25, 0.3) is 5.91 Å². The molecule has 2 rings (SSSR count). The van der Waals surface area contributed by atoms with Gasteiger partial charge < -0.3 is 15.0 Å². The van der Waals surface area contributed by atoms with Crippen LogP contribution in [-0.2, 0) is 9.53 Å². The zero-order valence-corrected chi connectivity index (χ0v) is 17.5. The molecule has 2 aromatic rings. The molecule has 0 aromatic heterocycles. The fourth-order valence-electron chi connectivity index (χ4n) is 2.81. The van der Waals surface area contributed by atoms with Gasteiger partial charge in [0.15, 0.2) is 0 Å². The van der Waals surface area contributed by atoms with Crippen molar-refractivity contribution in [3.05, 3.63) is 70.2 Å². The van der Waals surface area contributed by atoms with E-state index in [1.54, 1.807) is 18.2 Å². The van der Waals surface area contributed by atoms with Crippen molar-refractivity contribution < 1.29 is 14.3 Å². The van der Waals surface area contributed by atoms with Crippen molar-refractivity contribution >= 4 is 46.3 Å². The SMILES string of the molecule is C=C(C)c1ccccc1N(C)C[C@H](NC(=O)c1c(Cl)cccc1Cl)C(=O)OC. The molecule has 0 spiro atoms. The van der Waals surface area contributed by atoms with Gasteiger partial charge >= 0.3 is 5.97 Å². The van der Waals surface area contributed by atoms with E-state index in [1.165, 1.54) is 7.11 Å². The van der Waals surface area contributed by atoms with Gasteiger partial charge in [-0.05, 0) is 30.7 Å². The Labute approximate surface area is 174 Å². The maximum Gasteiger partial charge on any atom is 0.330 e. The van der Waals surface area contributed by atoms with Crippen LogP contribution in [0.4, 0.5) is 5.69 Å². The molecule has 0 unspecified atom stereocenters. The number of nitrogens with one attached hydrogen (secondary N) is 1. The van der Waals surface area contributed by atoms with E-state index in [1.807, 2.05) is 43.1 Å². The van der Waals surface area contributed by atoms with E-state index in [0.29, 0.717) is 0 Å². The number of para-hydroxylation sites is 1. The summed E-state index contributed by atoms with van der Waals surface area (Å²) in [5, 5.41) is 3.08. The lowest BCUT2D eigenvalue weighted by molar-refractivity contribution is -0.142. The first-order chi connectivity index (χ1) is 13.3. The number of halogens is 2. The molecule has 2 aromatic carbocycles. The molecular weight excluding hydrogens is 399 g/mol. The third kappa shape index (κ3) is 5.06. The van der Waals surface area contributed by atoms with Crippen LogP contribution in [0.5, 0.6) is 0 Å². The number of esters is 1. The van der Waals surface area contributed by atoms with Crippen molar-refractivity contribution in [3.63, 3.8) is 0 Å². The highest BCUT2D eigenvalue weighted by Crippen LogP contribution is 2.26. The van der Waals surface area contributed by atoms with Gasteiger partial charge in [-0.2, -0.15) is 0 Å². The van der Waals surface area contributed by atoms with Crippen molar-refractivity contribution in [2.24, 2.45) is 0 Å². The van der Waals surface area contributed by atoms with Gasteiger partial charge in [-0.1, -0.05) is 54.0 Å².